The molecule has 2 aliphatic carbocycles. The number of hydrogen-bond acceptors (Lipinski definition) is 3. The smallest absolute Gasteiger partial charge is 0.154 e. The van der Waals surface area contributed by atoms with E-state index in [1.165, 1.54) is 42.6 Å². The van der Waals surface area contributed by atoms with Gasteiger partial charge >= 0.3 is 0 Å². The van der Waals surface area contributed by atoms with Crippen LogP contribution in [-0.4, -0.2) is 21.4 Å². The number of nitrogens with zero attached hydrogens (tertiary/aromatic N) is 3. The first-order valence-electron chi connectivity index (χ1n) is 8.35. The van der Waals surface area contributed by atoms with Gasteiger partial charge in [0.05, 0.1) is 6.54 Å². The van der Waals surface area contributed by atoms with E-state index in [0.717, 1.165) is 18.1 Å². The minimum absolute atomic E-state index is 0.624. The van der Waals surface area contributed by atoms with Crippen LogP contribution in [-0.2, 0) is 6.54 Å². The van der Waals surface area contributed by atoms with E-state index >= 15 is 0 Å². The molecule has 22 heavy (non-hydrogen) atoms. The molecule has 2 aromatic rings. The van der Waals surface area contributed by atoms with Gasteiger partial charge in [-0.3, -0.25) is 0 Å². The second kappa shape index (κ2) is 5.41. The average molecular weight is 297 g/mol. The van der Waals surface area contributed by atoms with Crippen molar-refractivity contribution in [2.24, 2.45) is 0 Å². The Bertz CT molecular complexity index is 684. The number of rotatable bonds is 6. The largest absolute Gasteiger partial charge is 0.491 e. The monoisotopic (exact) mass is 297 g/mol. The molecule has 0 saturated heterocycles. The molecule has 2 fully saturated rings. The number of hydrogen-bond donors (Lipinski definition) is 0. The van der Waals surface area contributed by atoms with E-state index in [-0.39, 0.29) is 0 Å². The highest BCUT2D eigenvalue weighted by Gasteiger charge is 2.34. The van der Waals surface area contributed by atoms with Crippen molar-refractivity contribution in [1.82, 2.24) is 14.8 Å². The second-order valence-corrected chi connectivity index (χ2v) is 6.72. The van der Waals surface area contributed by atoms with Gasteiger partial charge in [-0.25, -0.2) is 9.67 Å². The van der Waals surface area contributed by atoms with Crippen molar-refractivity contribution >= 4 is 0 Å². The number of benzene rings is 1. The van der Waals surface area contributed by atoms with Crippen LogP contribution in [0.15, 0.2) is 18.2 Å². The minimum Gasteiger partial charge on any atom is -0.491 e. The summed E-state index contributed by atoms with van der Waals surface area (Å²) in [5, 5.41) is 4.73. The van der Waals surface area contributed by atoms with Crippen molar-refractivity contribution in [2.45, 2.75) is 57.9 Å². The summed E-state index contributed by atoms with van der Waals surface area (Å²) in [6.07, 6.45) is 5.04. The van der Waals surface area contributed by atoms with Crippen LogP contribution in [0.4, 0.5) is 0 Å². The van der Waals surface area contributed by atoms with Crippen LogP contribution in [0.5, 0.6) is 5.75 Å². The van der Waals surface area contributed by atoms with E-state index in [2.05, 4.69) is 36.7 Å². The topological polar surface area (TPSA) is 39.9 Å². The maximum absolute atomic E-state index is 5.97. The standard InChI is InChI=1S/C18H23N3O/c1-12-3-4-13(2)16(11-12)22-10-9-21-18(15-7-8-15)19-17(20-21)14-5-6-14/h3-4,11,14-15H,5-10H2,1-2H3. The number of aryl methyl sites for hydroxylation is 2. The Balaban J connectivity index is 1.43. The van der Waals surface area contributed by atoms with Crippen LogP contribution in [0.1, 0.15) is 60.3 Å². The number of ether oxygens (including phenoxy) is 1. The minimum atomic E-state index is 0.624. The SMILES string of the molecule is Cc1ccc(C)c(OCCn2nc(C3CC3)nc2C2CC2)c1. The fraction of sp³-hybridized carbons (Fsp3) is 0.556. The van der Waals surface area contributed by atoms with Gasteiger partial charge in [0, 0.05) is 11.8 Å². The van der Waals surface area contributed by atoms with E-state index in [1.807, 2.05) is 0 Å². The zero-order valence-electron chi connectivity index (χ0n) is 13.4. The molecule has 0 unspecified atom stereocenters. The lowest BCUT2D eigenvalue weighted by atomic mass is 10.1. The lowest BCUT2D eigenvalue weighted by Gasteiger charge is -2.11. The summed E-state index contributed by atoms with van der Waals surface area (Å²) in [4.78, 5) is 4.79. The Labute approximate surface area is 131 Å². The lowest BCUT2D eigenvalue weighted by Crippen LogP contribution is -2.12. The van der Waals surface area contributed by atoms with Gasteiger partial charge in [-0.2, -0.15) is 5.10 Å². The predicted molar refractivity (Wildman–Crippen MR) is 85.4 cm³/mol. The summed E-state index contributed by atoms with van der Waals surface area (Å²) in [5.74, 6) is 4.50. The Hall–Kier alpha value is -1.84. The summed E-state index contributed by atoms with van der Waals surface area (Å²) in [7, 11) is 0. The first kappa shape index (κ1) is 13.8. The van der Waals surface area contributed by atoms with Gasteiger partial charge in [-0.1, -0.05) is 12.1 Å². The third kappa shape index (κ3) is 2.87. The van der Waals surface area contributed by atoms with Crippen LogP contribution >= 0.6 is 0 Å². The molecule has 0 spiro atoms. The summed E-state index contributed by atoms with van der Waals surface area (Å²) in [6.45, 7) is 5.62. The van der Waals surface area contributed by atoms with Gasteiger partial charge < -0.3 is 4.74 Å². The van der Waals surface area contributed by atoms with Gasteiger partial charge in [0.15, 0.2) is 5.82 Å². The lowest BCUT2D eigenvalue weighted by molar-refractivity contribution is 0.286. The Morgan fingerprint density at radius 1 is 1.14 bits per heavy atom. The predicted octanol–water partition coefficient (Wildman–Crippen LogP) is 3.73. The molecule has 1 aromatic heterocycles. The van der Waals surface area contributed by atoms with Gasteiger partial charge in [0.1, 0.15) is 18.2 Å². The van der Waals surface area contributed by atoms with E-state index in [1.54, 1.807) is 0 Å². The summed E-state index contributed by atoms with van der Waals surface area (Å²) < 4.78 is 8.07. The molecule has 0 atom stereocenters. The van der Waals surface area contributed by atoms with Crippen molar-refractivity contribution in [3.8, 4) is 5.75 Å². The van der Waals surface area contributed by atoms with Gasteiger partial charge in [0.25, 0.3) is 0 Å². The molecule has 2 aliphatic rings. The molecule has 0 amide bonds. The van der Waals surface area contributed by atoms with Crippen molar-refractivity contribution in [1.29, 1.82) is 0 Å². The van der Waals surface area contributed by atoms with Gasteiger partial charge in [-0.05, 0) is 56.7 Å². The van der Waals surface area contributed by atoms with Crippen molar-refractivity contribution in [3.05, 3.63) is 41.0 Å². The maximum Gasteiger partial charge on any atom is 0.154 e. The van der Waals surface area contributed by atoms with E-state index in [4.69, 9.17) is 14.8 Å². The van der Waals surface area contributed by atoms with Crippen LogP contribution < -0.4 is 4.74 Å². The molecule has 0 N–H and O–H groups in total. The summed E-state index contributed by atoms with van der Waals surface area (Å²) >= 11 is 0. The fourth-order valence-corrected chi connectivity index (χ4v) is 2.80. The van der Waals surface area contributed by atoms with E-state index in [0.29, 0.717) is 18.4 Å². The van der Waals surface area contributed by atoms with E-state index in [9.17, 15) is 0 Å². The molecule has 0 radical (unpaired) electrons. The van der Waals surface area contributed by atoms with Crippen molar-refractivity contribution in [3.63, 3.8) is 0 Å². The molecule has 4 heteroatoms. The second-order valence-electron chi connectivity index (χ2n) is 6.72. The Kier molecular flexibility index (Phi) is 3.40. The van der Waals surface area contributed by atoms with Gasteiger partial charge in [-0.15, -0.1) is 0 Å². The Morgan fingerprint density at radius 2 is 1.91 bits per heavy atom. The summed E-state index contributed by atoms with van der Waals surface area (Å²) in [5.41, 5.74) is 2.42. The van der Waals surface area contributed by atoms with Crippen LogP contribution in [0, 0.1) is 13.8 Å². The molecule has 0 bridgehead atoms. The first-order valence-corrected chi connectivity index (χ1v) is 8.35. The maximum atomic E-state index is 5.97. The van der Waals surface area contributed by atoms with Crippen LogP contribution in [0.2, 0.25) is 0 Å². The molecule has 1 heterocycles. The molecule has 116 valence electrons. The first-order chi connectivity index (χ1) is 10.7. The summed E-state index contributed by atoms with van der Waals surface area (Å²) in [6, 6.07) is 6.34. The third-order valence-electron chi connectivity index (χ3n) is 4.51. The van der Waals surface area contributed by atoms with Crippen molar-refractivity contribution in [2.75, 3.05) is 6.61 Å². The third-order valence-corrected chi connectivity index (χ3v) is 4.51. The molecular weight excluding hydrogens is 274 g/mol. The molecule has 4 nitrogen and oxygen atoms in total. The van der Waals surface area contributed by atoms with E-state index < -0.39 is 0 Å². The van der Waals surface area contributed by atoms with Crippen LogP contribution in [0.25, 0.3) is 0 Å². The molecule has 2 saturated carbocycles. The van der Waals surface area contributed by atoms with Crippen LogP contribution in [0.3, 0.4) is 0 Å². The molecule has 4 rings (SSSR count). The quantitative estimate of drug-likeness (QED) is 0.815. The Morgan fingerprint density at radius 3 is 2.64 bits per heavy atom. The molecule has 0 aliphatic heterocycles. The normalized spacial score (nSPS) is 17.7. The van der Waals surface area contributed by atoms with Gasteiger partial charge in [0.2, 0.25) is 0 Å². The number of aromatic nitrogens is 3. The highest BCUT2D eigenvalue weighted by atomic mass is 16.5. The van der Waals surface area contributed by atoms with Crippen molar-refractivity contribution < 1.29 is 4.74 Å². The molecular formula is C18H23N3O. The zero-order valence-corrected chi connectivity index (χ0v) is 13.4. The molecule has 1 aromatic carbocycles. The highest BCUT2D eigenvalue weighted by molar-refractivity contribution is 5.35. The zero-order chi connectivity index (χ0) is 15.1. The average Bonchev–Trinajstić information content (AvgIpc) is 3.41. The fourth-order valence-electron chi connectivity index (χ4n) is 2.80. The highest BCUT2D eigenvalue weighted by Crippen LogP contribution is 2.42.